The van der Waals surface area contributed by atoms with E-state index in [1.165, 1.54) is 6.08 Å². The monoisotopic (exact) mass is 369 g/mol. The third-order valence-corrected chi connectivity index (χ3v) is 3.84. The number of nitrogens with two attached hydrogens (primary N) is 1. The number of benzene rings is 2. The van der Waals surface area contributed by atoms with Gasteiger partial charge in [0.05, 0.1) is 20.3 Å². The van der Waals surface area contributed by atoms with E-state index in [1.807, 2.05) is 19.1 Å². The molecule has 2 aromatic carbocycles. The molecule has 0 unspecified atom stereocenters. The molecule has 0 heterocycles. The summed E-state index contributed by atoms with van der Waals surface area (Å²) in [6.45, 7) is 1.87. The summed E-state index contributed by atoms with van der Waals surface area (Å²) in [5.41, 5.74) is 7.36. The van der Waals surface area contributed by atoms with E-state index in [0.717, 1.165) is 11.1 Å². The molecule has 0 aromatic heterocycles. The predicted octanol–water partition coefficient (Wildman–Crippen LogP) is 3.09. The van der Waals surface area contributed by atoms with Crippen LogP contribution in [0.5, 0.6) is 11.5 Å². The minimum absolute atomic E-state index is 0.204. The van der Waals surface area contributed by atoms with Crippen LogP contribution < -0.4 is 25.8 Å². The number of hydrogen-bond donors (Lipinski definition) is 3. The first kappa shape index (κ1) is 19.8. The van der Waals surface area contributed by atoms with Crippen LogP contribution in [0.4, 0.5) is 10.5 Å². The SMILES string of the molecule is COc1cc(/C=C/C(=O)N[C@H](C)c2ccc(NC(N)=O)cc2)cc(OC)c1. The van der Waals surface area contributed by atoms with Crippen molar-refractivity contribution in [3.8, 4) is 11.5 Å². The summed E-state index contributed by atoms with van der Waals surface area (Å²) >= 11 is 0. The summed E-state index contributed by atoms with van der Waals surface area (Å²) in [5.74, 6) is 1.06. The molecular formula is C20H23N3O4. The third kappa shape index (κ3) is 6.07. The van der Waals surface area contributed by atoms with Crippen LogP contribution in [0, 0.1) is 0 Å². The fraction of sp³-hybridized carbons (Fsp3) is 0.200. The van der Waals surface area contributed by atoms with Crippen molar-refractivity contribution in [2.45, 2.75) is 13.0 Å². The smallest absolute Gasteiger partial charge is 0.316 e. The van der Waals surface area contributed by atoms with Crippen LogP contribution in [0.3, 0.4) is 0 Å². The minimum Gasteiger partial charge on any atom is -0.497 e. The number of amides is 3. The van der Waals surface area contributed by atoms with Crippen molar-refractivity contribution >= 4 is 23.7 Å². The Bertz CT molecular complexity index is 809. The molecule has 0 saturated carbocycles. The highest BCUT2D eigenvalue weighted by atomic mass is 16.5. The van der Waals surface area contributed by atoms with Gasteiger partial charge in [-0.3, -0.25) is 4.79 Å². The lowest BCUT2D eigenvalue weighted by molar-refractivity contribution is -0.117. The lowest BCUT2D eigenvalue weighted by Crippen LogP contribution is -2.24. The molecule has 0 bridgehead atoms. The van der Waals surface area contributed by atoms with E-state index in [4.69, 9.17) is 15.2 Å². The van der Waals surface area contributed by atoms with Crippen LogP contribution in [0.1, 0.15) is 24.1 Å². The fourth-order valence-corrected chi connectivity index (χ4v) is 2.44. The van der Waals surface area contributed by atoms with Crippen LogP contribution in [-0.4, -0.2) is 26.2 Å². The molecule has 0 aliphatic rings. The number of primary amides is 1. The van der Waals surface area contributed by atoms with Crippen molar-refractivity contribution in [2.75, 3.05) is 19.5 Å². The average molecular weight is 369 g/mol. The van der Waals surface area contributed by atoms with E-state index in [2.05, 4.69) is 10.6 Å². The molecule has 7 nitrogen and oxygen atoms in total. The van der Waals surface area contributed by atoms with Gasteiger partial charge in [-0.2, -0.15) is 0 Å². The number of rotatable bonds is 7. The zero-order valence-electron chi connectivity index (χ0n) is 15.5. The molecule has 3 amide bonds. The molecule has 0 aliphatic carbocycles. The second-order valence-electron chi connectivity index (χ2n) is 5.82. The van der Waals surface area contributed by atoms with E-state index in [9.17, 15) is 9.59 Å². The maximum atomic E-state index is 12.2. The predicted molar refractivity (Wildman–Crippen MR) is 105 cm³/mol. The van der Waals surface area contributed by atoms with Gasteiger partial charge in [-0.25, -0.2) is 4.79 Å². The molecular weight excluding hydrogens is 346 g/mol. The van der Waals surface area contributed by atoms with Gasteiger partial charge in [0, 0.05) is 17.8 Å². The summed E-state index contributed by atoms with van der Waals surface area (Å²) in [6, 6.07) is 11.6. The quantitative estimate of drug-likeness (QED) is 0.653. The summed E-state index contributed by atoms with van der Waals surface area (Å²) < 4.78 is 10.4. The number of anilines is 1. The Morgan fingerprint density at radius 3 is 2.15 bits per heavy atom. The normalized spacial score (nSPS) is 11.7. The fourth-order valence-electron chi connectivity index (χ4n) is 2.44. The van der Waals surface area contributed by atoms with Crippen molar-refractivity contribution in [1.82, 2.24) is 5.32 Å². The third-order valence-electron chi connectivity index (χ3n) is 3.84. The van der Waals surface area contributed by atoms with Gasteiger partial charge < -0.3 is 25.8 Å². The zero-order chi connectivity index (χ0) is 19.8. The molecule has 0 aliphatic heterocycles. The Balaban J connectivity index is 2.00. The van der Waals surface area contributed by atoms with Crippen molar-refractivity contribution in [2.24, 2.45) is 5.73 Å². The summed E-state index contributed by atoms with van der Waals surface area (Å²) in [4.78, 5) is 23.0. The maximum absolute atomic E-state index is 12.2. The van der Waals surface area contributed by atoms with E-state index < -0.39 is 6.03 Å². The van der Waals surface area contributed by atoms with Gasteiger partial charge in [0.2, 0.25) is 5.91 Å². The first-order chi connectivity index (χ1) is 12.9. The van der Waals surface area contributed by atoms with Gasteiger partial charge in [-0.15, -0.1) is 0 Å². The van der Waals surface area contributed by atoms with Gasteiger partial charge in [0.1, 0.15) is 11.5 Å². The van der Waals surface area contributed by atoms with Crippen LogP contribution in [-0.2, 0) is 4.79 Å². The Morgan fingerprint density at radius 2 is 1.63 bits per heavy atom. The summed E-state index contributed by atoms with van der Waals surface area (Å²) in [6.07, 6.45) is 3.14. The van der Waals surface area contributed by atoms with E-state index in [-0.39, 0.29) is 11.9 Å². The first-order valence-electron chi connectivity index (χ1n) is 8.29. The number of ether oxygens (including phenoxy) is 2. The van der Waals surface area contributed by atoms with Gasteiger partial charge >= 0.3 is 6.03 Å². The molecule has 0 saturated heterocycles. The molecule has 7 heteroatoms. The zero-order valence-corrected chi connectivity index (χ0v) is 15.5. The number of nitrogens with one attached hydrogen (secondary N) is 2. The van der Waals surface area contributed by atoms with E-state index >= 15 is 0 Å². The molecule has 0 fully saturated rings. The second-order valence-corrected chi connectivity index (χ2v) is 5.82. The van der Waals surface area contributed by atoms with E-state index in [0.29, 0.717) is 17.2 Å². The van der Waals surface area contributed by atoms with Crippen molar-refractivity contribution in [3.63, 3.8) is 0 Å². The molecule has 0 radical (unpaired) electrons. The van der Waals surface area contributed by atoms with E-state index in [1.54, 1.807) is 50.6 Å². The second kappa shape index (κ2) is 9.28. The Morgan fingerprint density at radius 1 is 1.04 bits per heavy atom. The van der Waals surface area contributed by atoms with Gasteiger partial charge in [0.15, 0.2) is 0 Å². The molecule has 2 rings (SSSR count). The highest BCUT2D eigenvalue weighted by Crippen LogP contribution is 2.23. The van der Waals surface area contributed by atoms with Crippen molar-refractivity contribution in [3.05, 3.63) is 59.7 Å². The van der Waals surface area contributed by atoms with Crippen LogP contribution >= 0.6 is 0 Å². The lowest BCUT2D eigenvalue weighted by atomic mass is 10.1. The largest absolute Gasteiger partial charge is 0.497 e. The number of carbonyl (C=O) groups is 2. The highest BCUT2D eigenvalue weighted by Gasteiger charge is 2.08. The van der Waals surface area contributed by atoms with Crippen LogP contribution in [0.15, 0.2) is 48.5 Å². The summed E-state index contributed by atoms with van der Waals surface area (Å²) in [5, 5.41) is 5.37. The number of urea groups is 1. The number of hydrogen-bond acceptors (Lipinski definition) is 4. The molecule has 27 heavy (non-hydrogen) atoms. The Hall–Kier alpha value is -3.48. The highest BCUT2D eigenvalue weighted by molar-refractivity contribution is 5.92. The molecule has 142 valence electrons. The molecule has 1 atom stereocenters. The first-order valence-corrected chi connectivity index (χ1v) is 8.29. The average Bonchev–Trinajstić information content (AvgIpc) is 2.66. The molecule has 0 spiro atoms. The standard InChI is InChI=1S/C20H23N3O4/c1-13(15-5-7-16(8-6-15)23-20(21)25)22-19(24)9-4-14-10-17(26-2)12-18(11-14)27-3/h4-13H,1-3H3,(H,22,24)(H3,21,23,25)/b9-4+/t13-/m1/s1. The van der Waals surface area contributed by atoms with Crippen molar-refractivity contribution < 1.29 is 19.1 Å². The molecule has 2 aromatic rings. The topological polar surface area (TPSA) is 103 Å². The molecule has 4 N–H and O–H groups in total. The number of methoxy groups -OCH3 is 2. The van der Waals surface area contributed by atoms with Crippen LogP contribution in [0.25, 0.3) is 6.08 Å². The van der Waals surface area contributed by atoms with Gasteiger partial charge in [0.25, 0.3) is 0 Å². The Labute approximate surface area is 158 Å². The van der Waals surface area contributed by atoms with Gasteiger partial charge in [-0.05, 0) is 48.4 Å². The summed E-state index contributed by atoms with van der Waals surface area (Å²) in [7, 11) is 3.14. The van der Waals surface area contributed by atoms with Gasteiger partial charge in [-0.1, -0.05) is 12.1 Å². The van der Waals surface area contributed by atoms with Crippen LogP contribution in [0.2, 0.25) is 0 Å². The number of carbonyl (C=O) groups excluding carboxylic acids is 2. The maximum Gasteiger partial charge on any atom is 0.316 e. The van der Waals surface area contributed by atoms with Crippen molar-refractivity contribution in [1.29, 1.82) is 0 Å². The minimum atomic E-state index is -0.622. The lowest BCUT2D eigenvalue weighted by Gasteiger charge is -2.13. The Kier molecular flexibility index (Phi) is 6.82.